The fourth-order valence-electron chi connectivity index (χ4n) is 2.00. The summed E-state index contributed by atoms with van der Waals surface area (Å²) >= 11 is 1.85. The Morgan fingerprint density at radius 2 is 2.29 bits per heavy atom. The van der Waals surface area contributed by atoms with Crippen molar-refractivity contribution in [2.24, 2.45) is 0 Å². The molecular formula is C14H18N2S. The molecule has 0 amide bonds. The molecule has 2 aromatic heterocycles. The normalized spacial score (nSPS) is 12.5. The zero-order valence-electron chi connectivity index (χ0n) is 10.1. The van der Waals surface area contributed by atoms with Crippen molar-refractivity contribution < 1.29 is 0 Å². The number of thiophene rings is 1. The van der Waals surface area contributed by atoms with Crippen molar-refractivity contribution in [3.05, 3.63) is 52.5 Å². The average Bonchev–Trinajstić information content (AvgIpc) is 2.89. The molecule has 0 aliphatic rings. The Bertz CT molecular complexity index is 411. The van der Waals surface area contributed by atoms with Gasteiger partial charge in [-0.1, -0.05) is 12.1 Å². The minimum absolute atomic E-state index is 0.420. The van der Waals surface area contributed by atoms with E-state index in [-0.39, 0.29) is 0 Å². The number of hydrogen-bond donors (Lipinski definition) is 1. The number of aromatic nitrogens is 1. The molecule has 0 spiro atoms. The number of pyridine rings is 1. The highest BCUT2D eigenvalue weighted by Gasteiger charge is 2.08. The van der Waals surface area contributed by atoms with Crippen LogP contribution in [0.15, 0.2) is 42.0 Å². The van der Waals surface area contributed by atoms with Crippen LogP contribution in [-0.4, -0.2) is 12.0 Å². The zero-order valence-corrected chi connectivity index (χ0v) is 10.9. The third-order valence-corrected chi connectivity index (χ3v) is 3.87. The van der Waals surface area contributed by atoms with Crippen molar-refractivity contribution >= 4 is 11.3 Å². The predicted molar refractivity (Wildman–Crippen MR) is 73.3 cm³/mol. The van der Waals surface area contributed by atoms with E-state index in [0.29, 0.717) is 6.04 Å². The molecule has 2 aromatic rings. The molecule has 1 N–H and O–H groups in total. The second-order valence-corrected chi connectivity index (χ2v) is 5.13. The van der Waals surface area contributed by atoms with E-state index in [0.717, 1.165) is 6.42 Å². The lowest BCUT2D eigenvalue weighted by Crippen LogP contribution is -2.16. The van der Waals surface area contributed by atoms with Gasteiger partial charge < -0.3 is 5.32 Å². The Morgan fingerprint density at radius 1 is 1.35 bits per heavy atom. The number of rotatable bonds is 6. The summed E-state index contributed by atoms with van der Waals surface area (Å²) in [7, 11) is 2.02. The van der Waals surface area contributed by atoms with Gasteiger partial charge in [0.15, 0.2) is 0 Å². The van der Waals surface area contributed by atoms with Gasteiger partial charge in [-0.15, -0.1) is 11.3 Å². The van der Waals surface area contributed by atoms with Gasteiger partial charge in [0.1, 0.15) is 0 Å². The van der Waals surface area contributed by atoms with E-state index >= 15 is 0 Å². The van der Waals surface area contributed by atoms with Crippen LogP contribution in [0, 0.1) is 0 Å². The maximum absolute atomic E-state index is 4.17. The monoisotopic (exact) mass is 246 g/mol. The average molecular weight is 246 g/mol. The summed E-state index contributed by atoms with van der Waals surface area (Å²) in [5.41, 5.74) is 1.28. The highest BCUT2D eigenvalue weighted by atomic mass is 32.1. The Kier molecular flexibility index (Phi) is 4.71. The van der Waals surface area contributed by atoms with Crippen LogP contribution < -0.4 is 5.32 Å². The Labute approximate surface area is 107 Å². The first kappa shape index (κ1) is 12.3. The molecule has 0 bridgehead atoms. The van der Waals surface area contributed by atoms with Gasteiger partial charge in [-0.2, -0.15) is 0 Å². The second kappa shape index (κ2) is 6.52. The molecular weight excluding hydrogens is 228 g/mol. The summed E-state index contributed by atoms with van der Waals surface area (Å²) < 4.78 is 0. The first-order valence-corrected chi connectivity index (χ1v) is 6.87. The summed E-state index contributed by atoms with van der Waals surface area (Å²) in [6.07, 6.45) is 7.31. The van der Waals surface area contributed by atoms with Crippen molar-refractivity contribution in [2.45, 2.75) is 25.3 Å². The van der Waals surface area contributed by atoms with Crippen LogP contribution in [0.1, 0.15) is 29.3 Å². The van der Waals surface area contributed by atoms with Crippen molar-refractivity contribution in [3.8, 4) is 0 Å². The van der Waals surface area contributed by atoms with Crippen molar-refractivity contribution in [1.82, 2.24) is 10.3 Å². The van der Waals surface area contributed by atoms with Crippen molar-refractivity contribution in [3.63, 3.8) is 0 Å². The van der Waals surface area contributed by atoms with Crippen LogP contribution in [0.4, 0.5) is 0 Å². The van der Waals surface area contributed by atoms with Gasteiger partial charge in [0.25, 0.3) is 0 Å². The van der Waals surface area contributed by atoms with E-state index < -0.39 is 0 Å². The fourth-order valence-corrected chi connectivity index (χ4v) is 2.75. The van der Waals surface area contributed by atoms with Gasteiger partial charge in [-0.3, -0.25) is 4.98 Å². The van der Waals surface area contributed by atoms with Crippen molar-refractivity contribution in [2.75, 3.05) is 7.05 Å². The van der Waals surface area contributed by atoms with E-state index in [4.69, 9.17) is 0 Å². The molecule has 2 rings (SSSR count). The molecule has 0 saturated heterocycles. The maximum atomic E-state index is 4.17. The summed E-state index contributed by atoms with van der Waals surface area (Å²) in [5, 5.41) is 5.51. The third-order valence-electron chi connectivity index (χ3n) is 2.93. The van der Waals surface area contributed by atoms with Gasteiger partial charge in [-0.05, 0) is 49.4 Å². The molecule has 0 fully saturated rings. The van der Waals surface area contributed by atoms with Gasteiger partial charge in [0, 0.05) is 23.3 Å². The predicted octanol–water partition coefficient (Wildman–Crippen LogP) is 3.43. The SMILES string of the molecule is CNC(CCCc1cccs1)c1cccnc1. The molecule has 1 unspecified atom stereocenters. The van der Waals surface area contributed by atoms with Gasteiger partial charge in [0.2, 0.25) is 0 Å². The summed E-state index contributed by atoms with van der Waals surface area (Å²) in [5.74, 6) is 0. The Balaban J connectivity index is 1.84. The lowest BCUT2D eigenvalue weighted by Gasteiger charge is -2.15. The minimum atomic E-state index is 0.420. The smallest absolute Gasteiger partial charge is 0.0332 e. The molecule has 0 aliphatic carbocycles. The number of hydrogen-bond acceptors (Lipinski definition) is 3. The van der Waals surface area contributed by atoms with Crippen LogP contribution >= 0.6 is 11.3 Å². The zero-order chi connectivity index (χ0) is 11.9. The molecule has 2 heterocycles. The number of nitrogens with zero attached hydrogens (tertiary/aromatic N) is 1. The molecule has 0 aromatic carbocycles. The molecule has 2 nitrogen and oxygen atoms in total. The summed E-state index contributed by atoms with van der Waals surface area (Å²) in [6, 6.07) is 8.89. The summed E-state index contributed by atoms with van der Waals surface area (Å²) in [6.45, 7) is 0. The lowest BCUT2D eigenvalue weighted by atomic mass is 10.0. The molecule has 0 saturated carbocycles. The van der Waals surface area contributed by atoms with Gasteiger partial charge in [-0.25, -0.2) is 0 Å². The standard InChI is InChI=1S/C14H18N2S/c1-15-14(12-5-3-9-16-11-12)8-2-6-13-7-4-10-17-13/h3-5,7,9-11,14-15H,2,6,8H2,1H3. The second-order valence-electron chi connectivity index (χ2n) is 4.10. The van der Waals surface area contributed by atoms with Gasteiger partial charge in [0.05, 0.1) is 0 Å². The largest absolute Gasteiger partial charge is 0.313 e. The van der Waals surface area contributed by atoms with E-state index in [2.05, 4.69) is 33.9 Å². The third kappa shape index (κ3) is 3.65. The number of nitrogens with one attached hydrogen (secondary N) is 1. The number of aryl methyl sites for hydroxylation is 1. The highest BCUT2D eigenvalue weighted by molar-refractivity contribution is 7.09. The molecule has 90 valence electrons. The molecule has 17 heavy (non-hydrogen) atoms. The molecule has 1 atom stereocenters. The minimum Gasteiger partial charge on any atom is -0.313 e. The Morgan fingerprint density at radius 3 is 2.94 bits per heavy atom. The van der Waals surface area contributed by atoms with Crippen LogP contribution in [0.25, 0.3) is 0 Å². The lowest BCUT2D eigenvalue weighted by molar-refractivity contribution is 0.527. The molecule has 3 heteroatoms. The van der Waals surface area contributed by atoms with Gasteiger partial charge >= 0.3 is 0 Å². The van der Waals surface area contributed by atoms with E-state index in [1.54, 1.807) is 0 Å². The first-order chi connectivity index (χ1) is 8.40. The van der Waals surface area contributed by atoms with E-state index in [1.165, 1.54) is 23.3 Å². The molecule has 0 radical (unpaired) electrons. The quantitative estimate of drug-likeness (QED) is 0.844. The molecule has 0 aliphatic heterocycles. The van der Waals surface area contributed by atoms with Crippen LogP contribution in [-0.2, 0) is 6.42 Å². The van der Waals surface area contributed by atoms with Crippen LogP contribution in [0.3, 0.4) is 0 Å². The Hall–Kier alpha value is -1.19. The maximum Gasteiger partial charge on any atom is 0.0332 e. The summed E-state index contributed by atoms with van der Waals surface area (Å²) in [4.78, 5) is 5.65. The first-order valence-electron chi connectivity index (χ1n) is 5.99. The van der Waals surface area contributed by atoms with E-state index in [1.807, 2.05) is 36.8 Å². The van der Waals surface area contributed by atoms with E-state index in [9.17, 15) is 0 Å². The van der Waals surface area contributed by atoms with Crippen molar-refractivity contribution in [1.29, 1.82) is 0 Å². The fraction of sp³-hybridized carbons (Fsp3) is 0.357. The van der Waals surface area contributed by atoms with Crippen LogP contribution in [0.5, 0.6) is 0 Å². The topological polar surface area (TPSA) is 24.9 Å². The highest BCUT2D eigenvalue weighted by Crippen LogP contribution is 2.19. The van der Waals surface area contributed by atoms with Crippen LogP contribution in [0.2, 0.25) is 0 Å².